The van der Waals surface area contributed by atoms with Crippen molar-refractivity contribution < 1.29 is 28.6 Å². The van der Waals surface area contributed by atoms with Crippen LogP contribution in [0.3, 0.4) is 0 Å². The third-order valence-corrected chi connectivity index (χ3v) is 3.29. The van der Waals surface area contributed by atoms with Gasteiger partial charge in [-0.2, -0.15) is 0 Å². The Hall–Kier alpha value is -2.57. The number of ether oxygens (including phenoxy) is 3. The van der Waals surface area contributed by atoms with Crippen LogP contribution in [0.1, 0.15) is 31.1 Å². The first-order valence-electron chi connectivity index (χ1n) is 7.41. The fourth-order valence-corrected chi connectivity index (χ4v) is 2.32. The molecule has 0 bridgehead atoms. The van der Waals surface area contributed by atoms with Crippen LogP contribution in [0.2, 0.25) is 0 Å². The third-order valence-electron chi connectivity index (χ3n) is 3.29. The normalized spacial score (nSPS) is 16.4. The van der Waals surface area contributed by atoms with E-state index in [9.17, 15) is 14.4 Å². The average Bonchev–Trinajstić information content (AvgIpc) is 2.52. The molecule has 1 heterocycles. The van der Waals surface area contributed by atoms with Gasteiger partial charge in [-0.15, -0.1) is 0 Å². The van der Waals surface area contributed by atoms with Crippen LogP contribution < -0.4 is 14.4 Å². The Labute approximate surface area is 134 Å². The molecule has 1 aliphatic rings. The zero-order valence-corrected chi connectivity index (χ0v) is 13.3. The minimum absolute atomic E-state index is 0.221. The smallest absolute Gasteiger partial charge is 0.326 e. The van der Waals surface area contributed by atoms with E-state index >= 15 is 0 Å². The standard InChI is InChI=1S/C16H19NO6/c1-4-21-13-7-11(9-18)6-12-15(13)23-10(3)16(20)17(12)8-14(19)22-5-2/h6-7,9-10H,4-5,8H2,1-3H3. The van der Waals surface area contributed by atoms with Crippen molar-refractivity contribution in [3.63, 3.8) is 0 Å². The van der Waals surface area contributed by atoms with Gasteiger partial charge in [0.25, 0.3) is 5.91 Å². The molecular weight excluding hydrogens is 302 g/mol. The summed E-state index contributed by atoms with van der Waals surface area (Å²) < 4.78 is 16.0. The van der Waals surface area contributed by atoms with Crippen LogP contribution in [0.5, 0.6) is 11.5 Å². The van der Waals surface area contributed by atoms with E-state index < -0.39 is 12.1 Å². The first-order valence-corrected chi connectivity index (χ1v) is 7.41. The number of amides is 1. The molecule has 0 saturated carbocycles. The van der Waals surface area contributed by atoms with Crippen molar-refractivity contribution in [2.24, 2.45) is 0 Å². The van der Waals surface area contributed by atoms with E-state index in [2.05, 4.69) is 0 Å². The lowest BCUT2D eigenvalue weighted by atomic mass is 10.1. The number of hydrogen-bond acceptors (Lipinski definition) is 6. The van der Waals surface area contributed by atoms with Crippen LogP contribution >= 0.6 is 0 Å². The van der Waals surface area contributed by atoms with Gasteiger partial charge in [-0.05, 0) is 32.9 Å². The lowest BCUT2D eigenvalue weighted by Crippen LogP contribution is -2.47. The first-order chi connectivity index (χ1) is 11.0. The summed E-state index contributed by atoms with van der Waals surface area (Å²) in [6.45, 7) is 5.42. The summed E-state index contributed by atoms with van der Waals surface area (Å²) in [5, 5.41) is 0. The number of carbonyl (C=O) groups excluding carboxylic acids is 3. The lowest BCUT2D eigenvalue weighted by Gasteiger charge is -2.33. The second-order valence-corrected chi connectivity index (χ2v) is 4.91. The Morgan fingerprint density at radius 2 is 2.09 bits per heavy atom. The van der Waals surface area contributed by atoms with Gasteiger partial charge in [0.1, 0.15) is 12.8 Å². The van der Waals surface area contributed by atoms with Crippen molar-refractivity contribution >= 4 is 23.9 Å². The highest BCUT2D eigenvalue weighted by molar-refractivity contribution is 6.04. The summed E-state index contributed by atoms with van der Waals surface area (Å²) in [4.78, 5) is 36.5. The molecular formula is C16H19NO6. The highest BCUT2D eigenvalue weighted by Gasteiger charge is 2.35. The number of nitrogens with zero attached hydrogens (tertiary/aromatic N) is 1. The van der Waals surface area contributed by atoms with E-state index in [1.165, 1.54) is 11.0 Å². The van der Waals surface area contributed by atoms with Crippen molar-refractivity contribution in [2.45, 2.75) is 26.9 Å². The van der Waals surface area contributed by atoms with Gasteiger partial charge in [-0.1, -0.05) is 0 Å². The van der Waals surface area contributed by atoms with Gasteiger partial charge >= 0.3 is 5.97 Å². The third kappa shape index (κ3) is 3.44. The Balaban J connectivity index is 2.49. The lowest BCUT2D eigenvalue weighted by molar-refractivity contribution is -0.143. The van der Waals surface area contributed by atoms with E-state index in [0.29, 0.717) is 35.6 Å². The van der Waals surface area contributed by atoms with Crippen molar-refractivity contribution in [1.82, 2.24) is 0 Å². The van der Waals surface area contributed by atoms with Crippen molar-refractivity contribution in [1.29, 1.82) is 0 Å². The molecule has 1 unspecified atom stereocenters. The number of benzene rings is 1. The Bertz CT molecular complexity index is 627. The zero-order valence-electron chi connectivity index (χ0n) is 13.3. The molecule has 0 saturated heterocycles. The molecule has 7 nitrogen and oxygen atoms in total. The predicted octanol–water partition coefficient (Wildman–Crippen LogP) is 1.57. The summed E-state index contributed by atoms with van der Waals surface area (Å²) in [5.74, 6) is -0.208. The van der Waals surface area contributed by atoms with E-state index in [1.54, 1.807) is 26.8 Å². The summed E-state index contributed by atoms with van der Waals surface area (Å²) in [5.41, 5.74) is 0.654. The SMILES string of the molecule is CCOC(=O)CN1C(=O)C(C)Oc2c(OCC)cc(C=O)cc21. The average molecular weight is 321 g/mol. The fourth-order valence-electron chi connectivity index (χ4n) is 2.32. The molecule has 2 rings (SSSR count). The minimum Gasteiger partial charge on any atom is -0.490 e. The molecule has 0 aliphatic carbocycles. The molecule has 0 N–H and O–H groups in total. The Kier molecular flexibility index (Phi) is 5.20. The van der Waals surface area contributed by atoms with E-state index in [0.717, 1.165) is 0 Å². The van der Waals surface area contributed by atoms with Crippen LogP contribution in [0, 0.1) is 0 Å². The molecule has 7 heteroatoms. The van der Waals surface area contributed by atoms with Gasteiger partial charge in [0.2, 0.25) is 0 Å². The molecule has 1 atom stereocenters. The fraction of sp³-hybridized carbons (Fsp3) is 0.438. The van der Waals surface area contributed by atoms with Crippen LogP contribution in [0.25, 0.3) is 0 Å². The molecule has 23 heavy (non-hydrogen) atoms. The maximum atomic E-state index is 12.4. The van der Waals surface area contributed by atoms with Gasteiger partial charge < -0.3 is 14.2 Å². The number of rotatable bonds is 6. The molecule has 0 aromatic heterocycles. The highest BCUT2D eigenvalue weighted by atomic mass is 16.5. The summed E-state index contributed by atoms with van der Waals surface area (Å²) in [6, 6.07) is 3.04. The summed E-state index contributed by atoms with van der Waals surface area (Å²) >= 11 is 0. The number of hydrogen-bond donors (Lipinski definition) is 0. The molecule has 0 radical (unpaired) electrons. The molecule has 1 amide bonds. The molecule has 0 spiro atoms. The number of aldehydes is 1. The molecule has 124 valence electrons. The quantitative estimate of drug-likeness (QED) is 0.584. The monoisotopic (exact) mass is 321 g/mol. The number of anilines is 1. The predicted molar refractivity (Wildman–Crippen MR) is 82.1 cm³/mol. The molecule has 1 aromatic rings. The molecule has 1 aromatic carbocycles. The number of carbonyl (C=O) groups is 3. The van der Waals surface area contributed by atoms with Crippen LogP contribution in [0.15, 0.2) is 12.1 Å². The second-order valence-electron chi connectivity index (χ2n) is 4.91. The molecule has 1 aliphatic heterocycles. The second kappa shape index (κ2) is 7.13. The van der Waals surface area contributed by atoms with Gasteiger partial charge in [-0.25, -0.2) is 0 Å². The van der Waals surface area contributed by atoms with Crippen molar-refractivity contribution in [3.05, 3.63) is 17.7 Å². The topological polar surface area (TPSA) is 82.1 Å². The highest BCUT2D eigenvalue weighted by Crippen LogP contribution is 2.42. The minimum atomic E-state index is -0.766. The first kappa shape index (κ1) is 16.8. The van der Waals surface area contributed by atoms with E-state index in [1.807, 2.05) is 0 Å². The summed E-state index contributed by atoms with van der Waals surface area (Å²) in [7, 11) is 0. The Morgan fingerprint density at radius 3 is 2.70 bits per heavy atom. The number of fused-ring (bicyclic) bond motifs is 1. The number of esters is 1. The largest absolute Gasteiger partial charge is 0.490 e. The molecule has 0 fully saturated rings. The maximum Gasteiger partial charge on any atom is 0.326 e. The van der Waals surface area contributed by atoms with E-state index in [4.69, 9.17) is 14.2 Å². The summed E-state index contributed by atoms with van der Waals surface area (Å²) in [6.07, 6.45) is -0.119. The zero-order chi connectivity index (χ0) is 17.0. The van der Waals surface area contributed by atoms with Crippen LogP contribution in [-0.2, 0) is 14.3 Å². The van der Waals surface area contributed by atoms with Crippen molar-refractivity contribution in [3.8, 4) is 11.5 Å². The van der Waals surface area contributed by atoms with Crippen LogP contribution in [-0.4, -0.2) is 44.0 Å². The van der Waals surface area contributed by atoms with Crippen molar-refractivity contribution in [2.75, 3.05) is 24.7 Å². The van der Waals surface area contributed by atoms with Gasteiger partial charge in [0, 0.05) is 5.56 Å². The Morgan fingerprint density at radius 1 is 1.35 bits per heavy atom. The van der Waals surface area contributed by atoms with Gasteiger partial charge in [-0.3, -0.25) is 19.3 Å². The van der Waals surface area contributed by atoms with Gasteiger partial charge in [0.15, 0.2) is 17.6 Å². The maximum absolute atomic E-state index is 12.4. The van der Waals surface area contributed by atoms with Gasteiger partial charge in [0.05, 0.1) is 18.9 Å². The van der Waals surface area contributed by atoms with Crippen LogP contribution in [0.4, 0.5) is 5.69 Å². The van der Waals surface area contributed by atoms with E-state index in [-0.39, 0.29) is 19.1 Å².